The number of nitrogens with one attached hydrogen (secondary N) is 1. The highest BCUT2D eigenvalue weighted by Crippen LogP contribution is 2.21. The molecular weight excluding hydrogens is 444 g/mol. The Kier molecular flexibility index (Phi) is 8.58. The van der Waals surface area contributed by atoms with Gasteiger partial charge in [-0.2, -0.15) is 5.10 Å². The second-order valence-corrected chi connectivity index (χ2v) is 7.81. The van der Waals surface area contributed by atoms with Gasteiger partial charge in [0.1, 0.15) is 17.7 Å². The normalized spacial score (nSPS) is 13.8. The van der Waals surface area contributed by atoms with Crippen LogP contribution in [0.1, 0.15) is 33.9 Å². The Morgan fingerprint density at radius 2 is 1.97 bits per heavy atom. The number of carbonyl (C=O) groups excluding carboxylic acids is 1. The van der Waals surface area contributed by atoms with Gasteiger partial charge in [0.2, 0.25) is 0 Å². The first-order valence-electron chi connectivity index (χ1n) is 10.7. The van der Waals surface area contributed by atoms with E-state index in [1.807, 2.05) is 0 Å². The van der Waals surface area contributed by atoms with Gasteiger partial charge in [-0.25, -0.2) is 8.78 Å². The minimum absolute atomic E-state index is 0.0158. The summed E-state index contributed by atoms with van der Waals surface area (Å²) in [4.78, 5) is 13.2. The number of aliphatic hydroxyl groups is 1. The molecule has 10 heteroatoms. The highest BCUT2D eigenvalue weighted by Gasteiger charge is 2.28. The number of halogens is 2. The van der Waals surface area contributed by atoms with E-state index in [1.54, 1.807) is 23.1 Å². The van der Waals surface area contributed by atoms with Gasteiger partial charge in [0.15, 0.2) is 5.71 Å². The van der Waals surface area contributed by atoms with E-state index in [9.17, 15) is 18.7 Å². The van der Waals surface area contributed by atoms with Crippen LogP contribution in [0.25, 0.3) is 0 Å². The maximum absolute atomic E-state index is 14.9. The molecule has 2 aromatic carbocycles. The molecular formula is C24H28F2N5O3+. The van der Waals surface area contributed by atoms with Gasteiger partial charge in [-0.05, 0) is 35.9 Å². The van der Waals surface area contributed by atoms with E-state index in [0.29, 0.717) is 5.56 Å². The Morgan fingerprint density at radius 1 is 1.24 bits per heavy atom. The molecule has 3 atom stereocenters. The van der Waals surface area contributed by atoms with Crippen LogP contribution in [0.3, 0.4) is 0 Å². The van der Waals surface area contributed by atoms with Gasteiger partial charge in [-0.1, -0.05) is 18.2 Å². The topological polar surface area (TPSA) is 128 Å². The number of nitrogens with two attached hydrogens (primary N) is 2. The predicted octanol–water partition coefficient (Wildman–Crippen LogP) is 0.606. The first-order chi connectivity index (χ1) is 16.3. The van der Waals surface area contributed by atoms with E-state index in [1.165, 1.54) is 49.6 Å². The molecule has 3 rings (SSSR count). The molecule has 180 valence electrons. The standard InChI is InChI=1S/C24H27F2N5O3/c1-34-22(14-32)21(13-31-11-3-10-29-31)30-24(33)17-4-2-5-18(26)23(17)20(28)12-19(27)15-6-8-16(25)9-7-15/h2-11,19,21-22,28,32H,12-14,27H2,1H3,(H,30,33)/p+1/t19?,21-,22-/m1/s1. The lowest BCUT2D eigenvalue weighted by molar-refractivity contribution is -0.115. The number of carbonyl (C=O) groups is 1. The summed E-state index contributed by atoms with van der Waals surface area (Å²) in [5, 5.41) is 22.8. The number of hydrogen-bond donors (Lipinski definition) is 4. The number of ether oxygens (including phenoxy) is 1. The highest BCUT2D eigenvalue weighted by molar-refractivity contribution is 6.08. The third-order valence-corrected chi connectivity index (χ3v) is 5.51. The van der Waals surface area contributed by atoms with Crippen LogP contribution in [0.5, 0.6) is 0 Å². The van der Waals surface area contributed by atoms with Gasteiger partial charge in [0.05, 0.1) is 36.7 Å². The van der Waals surface area contributed by atoms with Crippen molar-refractivity contribution in [3.63, 3.8) is 0 Å². The fourth-order valence-electron chi connectivity index (χ4n) is 3.68. The monoisotopic (exact) mass is 472 g/mol. The quantitative estimate of drug-likeness (QED) is 0.304. The Hall–Kier alpha value is -3.47. The van der Waals surface area contributed by atoms with E-state index < -0.39 is 35.7 Å². The lowest BCUT2D eigenvalue weighted by Gasteiger charge is -2.26. The maximum atomic E-state index is 14.9. The van der Waals surface area contributed by atoms with Crippen LogP contribution in [0.4, 0.5) is 8.78 Å². The Balaban J connectivity index is 1.83. The highest BCUT2D eigenvalue weighted by atomic mass is 19.1. The van der Waals surface area contributed by atoms with E-state index >= 15 is 0 Å². The van der Waals surface area contributed by atoms with Crippen LogP contribution < -0.4 is 16.5 Å². The van der Waals surface area contributed by atoms with Crippen LogP contribution in [0, 0.1) is 11.6 Å². The van der Waals surface area contributed by atoms with Crippen molar-refractivity contribution in [3.05, 3.63) is 89.2 Å². The first-order valence-corrected chi connectivity index (χ1v) is 10.7. The zero-order chi connectivity index (χ0) is 24.7. The summed E-state index contributed by atoms with van der Waals surface area (Å²) in [6.45, 7) is -0.128. The first kappa shape index (κ1) is 25.2. The van der Waals surface area contributed by atoms with Gasteiger partial charge in [-0.3, -0.25) is 14.9 Å². The molecule has 1 aromatic heterocycles. The van der Waals surface area contributed by atoms with Crippen molar-refractivity contribution in [2.45, 2.75) is 31.2 Å². The number of benzene rings is 2. The Labute approximate surface area is 195 Å². The van der Waals surface area contributed by atoms with Crippen molar-refractivity contribution >= 4 is 11.6 Å². The molecule has 0 aliphatic heterocycles. The van der Waals surface area contributed by atoms with E-state index in [0.717, 1.165) is 0 Å². The second kappa shape index (κ2) is 11.6. The van der Waals surface area contributed by atoms with E-state index in [-0.39, 0.29) is 36.4 Å². The summed E-state index contributed by atoms with van der Waals surface area (Å²) >= 11 is 0. The molecule has 0 spiro atoms. The SMILES string of the molecule is CO[C@H](CO)[C@@H](Cn1cccn1)NC(=O)c1cccc(F)c1C(=[NH2+])CC(N)c1ccc(F)cc1. The molecule has 1 heterocycles. The van der Waals surface area contributed by atoms with E-state index in [2.05, 4.69) is 10.4 Å². The molecule has 0 aliphatic rings. The molecule has 1 amide bonds. The number of aliphatic hydroxyl groups excluding tert-OH is 1. The van der Waals surface area contributed by atoms with Crippen LogP contribution in [-0.4, -0.2) is 52.4 Å². The molecule has 8 nitrogen and oxygen atoms in total. The van der Waals surface area contributed by atoms with Crippen LogP contribution in [0.2, 0.25) is 0 Å². The number of methoxy groups -OCH3 is 1. The minimum atomic E-state index is -0.724. The molecule has 1 unspecified atom stereocenters. The van der Waals surface area contributed by atoms with Crippen molar-refractivity contribution in [3.8, 4) is 0 Å². The van der Waals surface area contributed by atoms with E-state index in [4.69, 9.17) is 15.9 Å². The van der Waals surface area contributed by atoms with Gasteiger partial charge in [0, 0.05) is 25.5 Å². The molecule has 0 saturated heterocycles. The number of amides is 1. The minimum Gasteiger partial charge on any atom is -0.394 e. The fourth-order valence-corrected chi connectivity index (χ4v) is 3.68. The molecule has 0 fully saturated rings. The van der Waals surface area contributed by atoms with Crippen LogP contribution >= 0.6 is 0 Å². The number of nitrogens with zero attached hydrogens (tertiary/aromatic N) is 2. The molecule has 3 aromatic rings. The zero-order valence-electron chi connectivity index (χ0n) is 18.7. The molecule has 0 aliphatic carbocycles. The summed E-state index contributed by atoms with van der Waals surface area (Å²) in [5.74, 6) is -1.67. The van der Waals surface area contributed by atoms with Crippen molar-refractivity contribution in [1.82, 2.24) is 15.1 Å². The summed E-state index contributed by atoms with van der Waals surface area (Å²) in [6, 6.07) is 10.1. The van der Waals surface area contributed by atoms with Crippen molar-refractivity contribution in [2.75, 3.05) is 13.7 Å². The molecule has 0 bridgehead atoms. The average molecular weight is 473 g/mol. The van der Waals surface area contributed by atoms with Crippen LogP contribution in [0.15, 0.2) is 60.9 Å². The third kappa shape index (κ3) is 6.10. The summed E-state index contributed by atoms with van der Waals surface area (Å²) in [7, 11) is 1.42. The largest absolute Gasteiger partial charge is 0.394 e. The lowest BCUT2D eigenvalue weighted by Crippen LogP contribution is -2.49. The average Bonchev–Trinajstić information content (AvgIpc) is 3.33. The summed E-state index contributed by atoms with van der Waals surface area (Å²) in [5.41, 5.74) is 6.85. The zero-order valence-corrected chi connectivity index (χ0v) is 18.7. The van der Waals surface area contributed by atoms with Crippen molar-refractivity contribution in [1.29, 1.82) is 0 Å². The molecule has 6 N–H and O–H groups in total. The maximum Gasteiger partial charge on any atom is 0.252 e. The molecule has 0 saturated carbocycles. The van der Waals surface area contributed by atoms with Gasteiger partial charge < -0.3 is 20.9 Å². The van der Waals surface area contributed by atoms with Crippen LogP contribution in [-0.2, 0) is 11.3 Å². The van der Waals surface area contributed by atoms with Crippen molar-refractivity contribution in [2.24, 2.45) is 5.73 Å². The van der Waals surface area contributed by atoms with Gasteiger partial charge in [0.25, 0.3) is 5.91 Å². The Morgan fingerprint density at radius 3 is 2.59 bits per heavy atom. The van der Waals surface area contributed by atoms with Gasteiger partial charge >= 0.3 is 0 Å². The predicted molar refractivity (Wildman–Crippen MR) is 122 cm³/mol. The van der Waals surface area contributed by atoms with Gasteiger partial charge in [-0.15, -0.1) is 0 Å². The smallest absolute Gasteiger partial charge is 0.252 e. The second-order valence-electron chi connectivity index (χ2n) is 7.81. The number of hydrogen-bond acceptors (Lipinski definition) is 5. The summed E-state index contributed by atoms with van der Waals surface area (Å²) in [6.07, 6.45) is 2.61. The summed E-state index contributed by atoms with van der Waals surface area (Å²) < 4.78 is 34.9. The van der Waals surface area contributed by atoms with Crippen molar-refractivity contribution < 1.29 is 28.8 Å². The molecule has 34 heavy (non-hydrogen) atoms. The number of aromatic nitrogens is 2. The molecule has 0 radical (unpaired) electrons. The Bertz CT molecular complexity index is 1100. The fraction of sp³-hybridized carbons (Fsp3) is 0.292. The third-order valence-electron chi connectivity index (χ3n) is 5.51. The lowest BCUT2D eigenvalue weighted by atomic mass is 9.94. The number of rotatable bonds is 11.